The molecule has 9 nitrogen and oxygen atoms in total. The summed E-state index contributed by atoms with van der Waals surface area (Å²) in [6.07, 6.45) is 2.41. The van der Waals surface area contributed by atoms with Gasteiger partial charge in [0.05, 0.1) is 28.4 Å². The van der Waals surface area contributed by atoms with Crippen molar-refractivity contribution in [3.8, 4) is 0 Å². The van der Waals surface area contributed by atoms with Crippen LogP contribution in [-0.2, 0) is 14.8 Å². The molecular weight excluding hydrogens is 454 g/mol. The van der Waals surface area contributed by atoms with Crippen LogP contribution in [0.1, 0.15) is 16.8 Å². The molecule has 4 rings (SSSR count). The number of nitrogens with one attached hydrogen (secondary N) is 1. The van der Waals surface area contributed by atoms with Crippen LogP contribution in [-0.4, -0.2) is 75.0 Å². The first-order chi connectivity index (χ1) is 16.4. The fourth-order valence-electron chi connectivity index (χ4n) is 4.00. The number of aromatic nitrogens is 1. The molecule has 1 aliphatic heterocycles. The second kappa shape index (κ2) is 10.5. The summed E-state index contributed by atoms with van der Waals surface area (Å²) < 4.78 is 33.1. The molecule has 1 aromatic heterocycles. The average molecular weight is 484 g/mol. The molecule has 0 radical (unpaired) electrons. The van der Waals surface area contributed by atoms with Gasteiger partial charge in [0.25, 0.3) is 5.91 Å². The summed E-state index contributed by atoms with van der Waals surface area (Å²) in [4.78, 5) is 19.3. The highest BCUT2D eigenvalue weighted by molar-refractivity contribution is 7.89. The Labute approximate surface area is 199 Å². The molecular formula is C24H29N5O4S. The number of hydrogen-bond acceptors (Lipinski definition) is 7. The molecule has 3 aromatic rings. The van der Waals surface area contributed by atoms with E-state index in [1.807, 2.05) is 18.2 Å². The maximum absolute atomic E-state index is 13.2. The van der Waals surface area contributed by atoms with Crippen LogP contribution >= 0.6 is 0 Å². The van der Waals surface area contributed by atoms with Gasteiger partial charge in [0, 0.05) is 50.4 Å². The fourth-order valence-corrected chi connectivity index (χ4v) is 5.50. The van der Waals surface area contributed by atoms with Crippen LogP contribution in [0, 0.1) is 0 Å². The molecule has 0 unspecified atom stereocenters. The van der Waals surface area contributed by atoms with E-state index in [4.69, 9.17) is 10.5 Å². The third kappa shape index (κ3) is 5.36. The van der Waals surface area contributed by atoms with Gasteiger partial charge in [-0.05, 0) is 49.4 Å². The summed E-state index contributed by atoms with van der Waals surface area (Å²) in [7, 11) is -2.04. The second-order valence-corrected chi connectivity index (χ2v) is 10.1. The molecule has 1 aliphatic rings. The van der Waals surface area contributed by atoms with E-state index in [1.165, 1.54) is 22.5 Å². The Hall–Kier alpha value is -3.05. The van der Waals surface area contributed by atoms with E-state index in [-0.39, 0.29) is 16.5 Å². The topological polar surface area (TPSA) is 118 Å². The van der Waals surface area contributed by atoms with Gasteiger partial charge in [-0.2, -0.15) is 4.31 Å². The largest absolute Gasteiger partial charge is 0.397 e. The van der Waals surface area contributed by atoms with Gasteiger partial charge in [-0.1, -0.05) is 12.1 Å². The zero-order valence-electron chi connectivity index (χ0n) is 19.1. The number of carbonyl (C=O) groups is 1. The predicted molar refractivity (Wildman–Crippen MR) is 132 cm³/mol. The molecule has 1 amide bonds. The highest BCUT2D eigenvalue weighted by Gasteiger charge is 2.27. The van der Waals surface area contributed by atoms with E-state index in [1.54, 1.807) is 25.4 Å². The Morgan fingerprint density at radius 3 is 2.76 bits per heavy atom. The van der Waals surface area contributed by atoms with E-state index >= 15 is 0 Å². The standard InChI is InChI=1S/C24H29N5O4S/c1-33-15-14-28-10-3-11-29(13-12-28)34(31,32)20-7-8-22(21(25)17-20)27-24(30)19-6-5-18-4-2-9-26-23(18)16-19/h2,4-9,16-17H,3,10-15,25H2,1H3,(H,27,30). The van der Waals surface area contributed by atoms with Gasteiger partial charge in [-0.15, -0.1) is 0 Å². The highest BCUT2D eigenvalue weighted by Crippen LogP contribution is 2.26. The normalized spacial score (nSPS) is 15.8. The van der Waals surface area contributed by atoms with Crippen molar-refractivity contribution in [3.63, 3.8) is 0 Å². The quantitative estimate of drug-likeness (QED) is 0.496. The number of nitrogens with zero attached hydrogens (tertiary/aromatic N) is 3. The zero-order valence-corrected chi connectivity index (χ0v) is 19.9. The van der Waals surface area contributed by atoms with Gasteiger partial charge in [-0.3, -0.25) is 14.7 Å². The molecule has 0 atom stereocenters. The van der Waals surface area contributed by atoms with Crippen LogP contribution in [0.25, 0.3) is 10.9 Å². The summed E-state index contributed by atoms with van der Waals surface area (Å²) in [5, 5.41) is 3.70. The van der Waals surface area contributed by atoms with E-state index in [0.29, 0.717) is 43.0 Å². The smallest absolute Gasteiger partial charge is 0.255 e. The summed E-state index contributed by atoms with van der Waals surface area (Å²) in [6.45, 7) is 3.71. The summed E-state index contributed by atoms with van der Waals surface area (Å²) in [5.74, 6) is -0.349. The molecule has 0 saturated carbocycles. The van der Waals surface area contributed by atoms with E-state index in [9.17, 15) is 13.2 Å². The van der Waals surface area contributed by atoms with Crippen molar-refractivity contribution in [2.45, 2.75) is 11.3 Å². The molecule has 0 aliphatic carbocycles. The lowest BCUT2D eigenvalue weighted by Crippen LogP contribution is -2.36. The van der Waals surface area contributed by atoms with Crippen molar-refractivity contribution >= 4 is 38.2 Å². The van der Waals surface area contributed by atoms with Crippen molar-refractivity contribution in [2.75, 3.05) is 57.5 Å². The Kier molecular flexibility index (Phi) is 7.42. The van der Waals surface area contributed by atoms with E-state index < -0.39 is 10.0 Å². The molecule has 10 heteroatoms. The van der Waals surface area contributed by atoms with Gasteiger partial charge in [-0.25, -0.2) is 8.42 Å². The van der Waals surface area contributed by atoms with Crippen molar-refractivity contribution in [1.82, 2.24) is 14.2 Å². The maximum atomic E-state index is 13.2. The first-order valence-corrected chi connectivity index (χ1v) is 12.6. The molecule has 34 heavy (non-hydrogen) atoms. The van der Waals surface area contributed by atoms with Gasteiger partial charge >= 0.3 is 0 Å². The first-order valence-electron chi connectivity index (χ1n) is 11.2. The number of hydrogen-bond donors (Lipinski definition) is 2. The van der Waals surface area contributed by atoms with Gasteiger partial charge < -0.3 is 15.8 Å². The Balaban J connectivity index is 1.47. The third-order valence-electron chi connectivity index (χ3n) is 5.94. The van der Waals surface area contributed by atoms with E-state index in [2.05, 4.69) is 15.2 Å². The van der Waals surface area contributed by atoms with Crippen molar-refractivity contribution in [2.24, 2.45) is 0 Å². The van der Waals surface area contributed by atoms with Crippen LogP contribution < -0.4 is 11.1 Å². The lowest BCUT2D eigenvalue weighted by molar-refractivity contribution is 0.102. The lowest BCUT2D eigenvalue weighted by atomic mass is 10.1. The number of nitrogens with two attached hydrogens (primary N) is 1. The number of anilines is 2. The van der Waals surface area contributed by atoms with Gasteiger partial charge in [0.15, 0.2) is 0 Å². The molecule has 180 valence electrons. The van der Waals surface area contributed by atoms with Crippen molar-refractivity contribution in [1.29, 1.82) is 0 Å². The Morgan fingerprint density at radius 1 is 1.12 bits per heavy atom. The number of benzene rings is 2. The summed E-state index contributed by atoms with van der Waals surface area (Å²) in [6, 6.07) is 13.4. The second-order valence-electron chi connectivity index (χ2n) is 8.21. The number of sulfonamides is 1. The monoisotopic (exact) mass is 483 g/mol. The Morgan fingerprint density at radius 2 is 1.97 bits per heavy atom. The Bertz CT molecular complexity index is 1280. The first kappa shape index (κ1) is 24.1. The van der Waals surface area contributed by atoms with Gasteiger partial charge in [0.2, 0.25) is 10.0 Å². The molecule has 2 heterocycles. The zero-order chi connectivity index (χ0) is 24.1. The van der Waals surface area contributed by atoms with E-state index in [0.717, 1.165) is 24.9 Å². The number of methoxy groups -OCH3 is 1. The number of nitrogen functional groups attached to an aromatic ring is 1. The summed E-state index contributed by atoms with van der Waals surface area (Å²) >= 11 is 0. The molecule has 2 aromatic carbocycles. The number of pyridine rings is 1. The number of rotatable bonds is 7. The minimum Gasteiger partial charge on any atom is -0.397 e. The van der Waals surface area contributed by atoms with Crippen LogP contribution in [0.2, 0.25) is 0 Å². The van der Waals surface area contributed by atoms with Crippen LogP contribution in [0.5, 0.6) is 0 Å². The highest BCUT2D eigenvalue weighted by atomic mass is 32.2. The predicted octanol–water partition coefficient (Wildman–Crippen LogP) is 2.41. The average Bonchev–Trinajstić information content (AvgIpc) is 3.10. The minimum absolute atomic E-state index is 0.114. The molecule has 1 saturated heterocycles. The van der Waals surface area contributed by atoms with Crippen molar-refractivity contribution < 1.29 is 17.9 Å². The third-order valence-corrected chi connectivity index (χ3v) is 7.83. The fraction of sp³-hybridized carbons (Fsp3) is 0.333. The minimum atomic E-state index is -3.70. The summed E-state index contributed by atoms with van der Waals surface area (Å²) in [5.41, 5.74) is 7.82. The number of fused-ring (bicyclic) bond motifs is 1. The van der Waals surface area contributed by atoms with Gasteiger partial charge in [0.1, 0.15) is 0 Å². The van der Waals surface area contributed by atoms with Crippen LogP contribution in [0.3, 0.4) is 0 Å². The molecule has 1 fully saturated rings. The molecule has 3 N–H and O–H groups in total. The van der Waals surface area contributed by atoms with Crippen LogP contribution in [0.15, 0.2) is 59.6 Å². The number of amides is 1. The molecule has 0 bridgehead atoms. The van der Waals surface area contributed by atoms with Crippen molar-refractivity contribution in [3.05, 3.63) is 60.3 Å². The maximum Gasteiger partial charge on any atom is 0.255 e. The lowest BCUT2D eigenvalue weighted by Gasteiger charge is -2.22. The SMILES string of the molecule is COCCN1CCCN(S(=O)(=O)c2ccc(NC(=O)c3ccc4cccnc4c3)c(N)c2)CC1. The number of ether oxygens (including phenoxy) is 1. The van der Waals surface area contributed by atoms with Crippen LogP contribution in [0.4, 0.5) is 11.4 Å². The number of carbonyl (C=O) groups excluding carboxylic acids is 1. The molecule has 0 spiro atoms.